The van der Waals surface area contributed by atoms with Crippen LogP contribution in [0.5, 0.6) is 5.88 Å². The SMILES string of the molecule is COc1ncccc1C(=O)N1CC[C@@](O)(CN2CCOCC2)C1. The summed E-state index contributed by atoms with van der Waals surface area (Å²) in [6, 6.07) is 3.42. The summed E-state index contributed by atoms with van der Waals surface area (Å²) >= 11 is 0. The second-order valence-corrected chi connectivity index (χ2v) is 6.15. The van der Waals surface area contributed by atoms with Gasteiger partial charge in [-0.15, -0.1) is 0 Å². The zero-order chi connectivity index (χ0) is 16.3. The van der Waals surface area contributed by atoms with Crippen molar-refractivity contribution in [1.82, 2.24) is 14.8 Å². The van der Waals surface area contributed by atoms with E-state index in [1.54, 1.807) is 23.2 Å². The van der Waals surface area contributed by atoms with Gasteiger partial charge in [0.05, 0.1) is 32.5 Å². The van der Waals surface area contributed by atoms with E-state index in [0.717, 1.165) is 13.1 Å². The molecule has 0 aromatic carbocycles. The van der Waals surface area contributed by atoms with E-state index in [9.17, 15) is 9.90 Å². The average Bonchev–Trinajstić information content (AvgIpc) is 2.97. The molecule has 2 fully saturated rings. The quantitative estimate of drug-likeness (QED) is 0.841. The Morgan fingerprint density at radius 3 is 2.96 bits per heavy atom. The summed E-state index contributed by atoms with van der Waals surface area (Å²) in [6.45, 7) is 4.50. The molecule has 2 saturated heterocycles. The largest absolute Gasteiger partial charge is 0.480 e. The molecule has 1 amide bonds. The zero-order valence-corrected chi connectivity index (χ0v) is 13.4. The molecule has 7 nitrogen and oxygen atoms in total. The molecule has 0 spiro atoms. The Bertz CT molecular complexity index is 562. The summed E-state index contributed by atoms with van der Waals surface area (Å²) in [5, 5.41) is 10.8. The predicted octanol–water partition coefficient (Wildman–Crippen LogP) is -0.000600. The highest BCUT2D eigenvalue weighted by Crippen LogP contribution is 2.26. The van der Waals surface area contributed by atoms with E-state index in [1.807, 2.05) is 0 Å². The third kappa shape index (κ3) is 3.63. The highest BCUT2D eigenvalue weighted by Gasteiger charge is 2.40. The maximum atomic E-state index is 12.7. The summed E-state index contributed by atoms with van der Waals surface area (Å²) in [5.74, 6) is 0.175. The third-order valence-corrected chi connectivity index (χ3v) is 4.44. The van der Waals surface area contributed by atoms with Crippen LogP contribution in [0, 0.1) is 0 Å². The van der Waals surface area contributed by atoms with E-state index in [1.165, 1.54) is 7.11 Å². The molecule has 3 rings (SSSR count). The van der Waals surface area contributed by atoms with E-state index < -0.39 is 5.60 Å². The van der Waals surface area contributed by atoms with Crippen molar-refractivity contribution in [2.45, 2.75) is 12.0 Å². The Morgan fingerprint density at radius 2 is 2.22 bits per heavy atom. The second-order valence-electron chi connectivity index (χ2n) is 6.15. The molecular weight excluding hydrogens is 298 g/mol. The van der Waals surface area contributed by atoms with E-state index in [4.69, 9.17) is 9.47 Å². The summed E-state index contributed by atoms with van der Waals surface area (Å²) in [6.07, 6.45) is 2.17. The van der Waals surface area contributed by atoms with Gasteiger partial charge in [-0.2, -0.15) is 0 Å². The van der Waals surface area contributed by atoms with Gasteiger partial charge in [0, 0.05) is 32.4 Å². The Balaban J connectivity index is 1.65. The van der Waals surface area contributed by atoms with Crippen LogP contribution >= 0.6 is 0 Å². The van der Waals surface area contributed by atoms with Gasteiger partial charge in [-0.1, -0.05) is 0 Å². The van der Waals surface area contributed by atoms with Crippen molar-refractivity contribution in [2.75, 3.05) is 53.0 Å². The topological polar surface area (TPSA) is 75.1 Å². The number of pyridine rings is 1. The third-order valence-electron chi connectivity index (χ3n) is 4.44. The van der Waals surface area contributed by atoms with Crippen LogP contribution in [0.4, 0.5) is 0 Å². The van der Waals surface area contributed by atoms with Crippen molar-refractivity contribution in [3.05, 3.63) is 23.9 Å². The first-order valence-electron chi connectivity index (χ1n) is 7.92. The molecule has 2 aliphatic heterocycles. The van der Waals surface area contributed by atoms with Crippen LogP contribution in [0.2, 0.25) is 0 Å². The fourth-order valence-corrected chi connectivity index (χ4v) is 3.22. The number of morpholine rings is 1. The molecule has 1 aromatic heterocycles. The minimum absolute atomic E-state index is 0.146. The normalized spacial score (nSPS) is 25.6. The first kappa shape index (κ1) is 16.2. The molecule has 0 aliphatic carbocycles. The van der Waals surface area contributed by atoms with Crippen LogP contribution in [0.1, 0.15) is 16.8 Å². The number of ether oxygens (including phenoxy) is 2. The van der Waals surface area contributed by atoms with Gasteiger partial charge in [-0.05, 0) is 18.6 Å². The Kier molecular flexibility index (Phi) is 4.79. The smallest absolute Gasteiger partial charge is 0.259 e. The Labute approximate surface area is 135 Å². The van der Waals surface area contributed by atoms with Gasteiger partial charge in [-0.25, -0.2) is 4.98 Å². The second kappa shape index (κ2) is 6.82. The van der Waals surface area contributed by atoms with Crippen LogP contribution in [0.25, 0.3) is 0 Å². The van der Waals surface area contributed by atoms with Gasteiger partial charge in [0.2, 0.25) is 5.88 Å². The van der Waals surface area contributed by atoms with Crippen LogP contribution in [0.15, 0.2) is 18.3 Å². The fraction of sp³-hybridized carbons (Fsp3) is 0.625. The number of nitrogens with zero attached hydrogens (tertiary/aromatic N) is 3. The number of aromatic nitrogens is 1. The number of hydrogen-bond donors (Lipinski definition) is 1. The van der Waals surface area contributed by atoms with Crippen LogP contribution < -0.4 is 4.74 Å². The zero-order valence-electron chi connectivity index (χ0n) is 13.4. The lowest BCUT2D eigenvalue weighted by Gasteiger charge is -2.33. The van der Waals surface area contributed by atoms with Crippen molar-refractivity contribution >= 4 is 5.91 Å². The van der Waals surface area contributed by atoms with Crippen molar-refractivity contribution in [1.29, 1.82) is 0 Å². The minimum Gasteiger partial charge on any atom is -0.480 e. The number of aliphatic hydroxyl groups is 1. The molecule has 0 bridgehead atoms. The number of β-amino-alcohol motifs (C(OH)–C–C–N with tert-alkyl or cyclic N) is 1. The minimum atomic E-state index is -0.859. The molecule has 2 aliphatic rings. The van der Waals surface area contributed by atoms with E-state index >= 15 is 0 Å². The maximum Gasteiger partial charge on any atom is 0.259 e. The summed E-state index contributed by atoms with van der Waals surface area (Å²) in [7, 11) is 1.50. The van der Waals surface area contributed by atoms with E-state index in [2.05, 4.69) is 9.88 Å². The lowest BCUT2D eigenvalue weighted by molar-refractivity contribution is -0.0257. The first-order valence-corrected chi connectivity index (χ1v) is 7.92. The predicted molar refractivity (Wildman–Crippen MR) is 83.5 cm³/mol. The van der Waals surface area contributed by atoms with Crippen molar-refractivity contribution in [3.63, 3.8) is 0 Å². The number of carbonyl (C=O) groups excluding carboxylic acids is 1. The lowest BCUT2D eigenvalue weighted by atomic mass is 10.0. The Hall–Kier alpha value is -1.70. The van der Waals surface area contributed by atoms with Gasteiger partial charge in [0.25, 0.3) is 5.91 Å². The number of rotatable bonds is 4. The summed E-state index contributed by atoms with van der Waals surface area (Å²) in [5.41, 5.74) is -0.423. The van der Waals surface area contributed by atoms with Crippen molar-refractivity contribution in [2.24, 2.45) is 0 Å². The molecule has 0 saturated carbocycles. The average molecular weight is 321 g/mol. The fourth-order valence-electron chi connectivity index (χ4n) is 3.22. The molecule has 3 heterocycles. The molecule has 23 heavy (non-hydrogen) atoms. The van der Waals surface area contributed by atoms with E-state index in [-0.39, 0.29) is 5.91 Å². The van der Waals surface area contributed by atoms with Crippen molar-refractivity contribution < 1.29 is 19.4 Å². The molecule has 1 N–H and O–H groups in total. The molecular formula is C16H23N3O4. The van der Waals surface area contributed by atoms with Crippen LogP contribution in [-0.4, -0.2) is 84.4 Å². The van der Waals surface area contributed by atoms with Crippen LogP contribution in [0.3, 0.4) is 0 Å². The maximum absolute atomic E-state index is 12.7. The summed E-state index contributed by atoms with van der Waals surface area (Å²) in [4.78, 5) is 20.6. The molecule has 126 valence electrons. The monoisotopic (exact) mass is 321 g/mol. The summed E-state index contributed by atoms with van der Waals surface area (Å²) < 4.78 is 10.5. The molecule has 7 heteroatoms. The van der Waals surface area contributed by atoms with Gasteiger partial charge in [-0.3, -0.25) is 9.69 Å². The van der Waals surface area contributed by atoms with Gasteiger partial charge >= 0.3 is 0 Å². The number of amides is 1. The highest BCUT2D eigenvalue weighted by atomic mass is 16.5. The number of methoxy groups -OCH3 is 1. The molecule has 1 atom stereocenters. The van der Waals surface area contributed by atoms with Crippen molar-refractivity contribution in [3.8, 4) is 5.88 Å². The van der Waals surface area contributed by atoms with Crippen LogP contribution in [-0.2, 0) is 4.74 Å². The van der Waals surface area contributed by atoms with Gasteiger partial charge in [0.1, 0.15) is 5.56 Å². The number of hydrogen-bond acceptors (Lipinski definition) is 6. The Morgan fingerprint density at radius 1 is 1.43 bits per heavy atom. The molecule has 0 unspecified atom stereocenters. The number of likely N-dealkylation sites (tertiary alicyclic amines) is 1. The molecule has 0 radical (unpaired) electrons. The number of carbonyl (C=O) groups is 1. The molecule has 1 aromatic rings. The van der Waals surface area contributed by atoms with E-state index in [0.29, 0.717) is 50.7 Å². The van der Waals surface area contributed by atoms with Gasteiger partial charge in [0.15, 0.2) is 0 Å². The van der Waals surface area contributed by atoms with Gasteiger partial charge < -0.3 is 19.5 Å². The standard InChI is InChI=1S/C16H23N3O4/c1-22-14-13(3-2-5-17-14)15(20)19-6-4-16(21,12-19)11-18-7-9-23-10-8-18/h2-3,5,21H,4,6-12H2,1H3/t16-/m1/s1. The highest BCUT2D eigenvalue weighted by molar-refractivity contribution is 5.96. The lowest BCUT2D eigenvalue weighted by Crippen LogP contribution is -2.49. The first-order chi connectivity index (χ1) is 11.1.